The van der Waals surface area contributed by atoms with Crippen LogP contribution in [0, 0.1) is 5.82 Å². The Bertz CT molecular complexity index is 1410. The van der Waals surface area contributed by atoms with E-state index >= 15 is 0 Å². The number of benzene rings is 2. The summed E-state index contributed by atoms with van der Waals surface area (Å²) < 4.78 is 54.0. The highest BCUT2D eigenvalue weighted by molar-refractivity contribution is 5.92. The van der Waals surface area contributed by atoms with Gasteiger partial charge in [0.1, 0.15) is 29.4 Å². The molecule has 0 bridgehead atoms. The summed E-state index contributed by atoms with van der Waals surface area (Å²) in [5.41, 5.74) is 3.24. The van der Waals surface area contributed by atoms with Crippen molar-refractivity contribution in [3.05, 3.63) is 72.3 Å². The summed E-state index contributed by atoms with van der Waals surface area (Å²) in [4.78, 5) is 26.8. The Morgan fingerprint density at radius 1 is 1.05 bits per heavy atom. The summed E-state index contributed by atoms with van der Waals surface area (Å²) in [5, 5.41) is 3.99. The van der Waals surface area contributed by atoms with Crippen molar-refractivity contribution in [1.82, 2.24) is 20.3 Å². The van der Waals surface area contributed by atoms with Gasteiger partial charge >= 0.3 is 6.36 Å². The fraction of sp³-hybridized carbons (Fsp3) is 0.321. The van der Waals surface area contributed by atoms with Gasteiger partial charge in [0.15, 0.2) is 0 Å². The molecule has 1 saturated heterocycles. The average Bonchev–Trinajstić information content (AvgIpc) is 3.34. The molecule has 0 radical (unpaired) electrons. The standard InChI is InChI=1S/C28H27F4N5O2/c29-20-8-6-19(7-9-20)24-16-23-26(36-24)33-17-34-27(23)37-14-12-21(13-15-37)35-25(38)3-1-2-18-4-10-22(11-5-18)39-28(30,31)32/h4-11,16-17,21H,1-3,12-15H2,(H,35,38)(H,33,34,36). The number of aromatic nitrogens is 3. The van der Waals surface area contributed by atoms with Crippen molar-refractivity contribution in [1.29, 1.82) is 0 Å². The maximum absolute atomic E-state index is 13.3. The van der Waals surface area contributed by atoms with E-state index in [-0.39, 0.29) is 23.5 Å². The Hall–Kier alpha value is -4.15. The summed E-state index contributed by atoms with van der Waals surface area (Å²) >= 11 is 0. The minimum atomic E-state index is -4.71. The fourth-order valence-corrected chi connectivity index (χ4v) is 4.81. The van der Waals surface area contributed by atoms with E-state index in [9.17, 15) is 22.4 Å². The van der Waals surface area contributed by atoms with Crippen LogP contribution in [0.25, 0.3) is 22.3 Å². The van der Waals surface area contributed by atoms with Crippen LogP contribution in [0.5, 0.6) is 5.75 Å². The normalized spacial score (nSPS) is 14.5. The predicted octanol–water partition coefficient (Wildman–Crippen LogP) is 5.77. The molecule has 1 aliphatic heterocycles. The van der Waals surface area contributed by atoms with Gasteiger partial charge in [-0.2, -0.15) is 0 Å². The number of nitrogens with zero attached hydrogens (tertiary/aromatic N) is 3. The highest BCUT2D eigenvalue weighted by Crippen LogP contribution is 2.30. The summed E-state index contributed by atoms with van der Waals surface area (Å²) in [6.07, 6.45) is -0.143. The number of hydrogen-bond donors (Lipinski definition) is 2. The molecule has 39 heavy (non-hydrogen) atoms. The van der Waals surface area contributed by atoms with E-state index < -0.39 is 6.36 Å². The van der Waals surface area contributed by atoms with Gasteiger partial charge in [-0.3, -0.25) is 4.79 Å². The smallest absolute Gasteiger partial charge is 0.406 e. The van der Waals surface area contributed by atoms with Crippen molar-refractivity contribution in [2.75, 3.05) is 18.0 Å². The number of piperidine rings is 1. The number of aromatic amines is 1. The molecule has 2 aromatic heterocycles. The molecule has 0 aliphatic carbocycles. The Labute approximate surface area is 222 Å². The number of H-pyrrole nitrogens is 1. The number of nitrogens with one attached hydrogen (secondary N) is 2. The van der Waals surface area contributed by atoms with Gasteiger partial charge in [-0.25, -0.2) is 14.4 Å². The number of rotatable bonds is 8. The third-order valence-corrected chi connectivity index (χ3v) is 6.75. The molecule has 7 nitrogen and oxygen atoms in total. The first-order valence-electron chi connectivity index (χ1n) is 12.7. The zero-order valence-corrected chi connectivity index (χ0v) is 21.0. The van der Waals surface area contributed by atoms with Crippen molar-refractivity contribution < 1.29 is 27.1 Å². The molecule has 3 heterocycles. The first-order chi connectivity index (χ1) is 18.7. The van der Waals surface area contributed by atoms with E-state index in [0.29, 0.717) is 24.9 Å². The van der Waals surface area contributed by atoms with E-state index in [4.69, 9.17) is 0 Å². The molecule has 0 saturated carbocycles. The topological polar surface area (TPSA) is 83.1 Å². The van der Waals surface area contributed by atoms with Crippen LogP contribution in [0.4, 0.5) is 23.4 Å². The van der Waals surface area contributed by atoms with E-state index in [2.05, 4.69) is 29.9 Å². The first kappa shape index (κ1) is 26.5. The van der Waals surface area contributed by atoms with E-state index in [0.717, 1.165) is 54.0 Å². The number of aryl methyl sites for hydroxylation is 1. The van der Waals surface area contributed by atoms with Crippen molar-refractivity contribution in [3.8, 4) is 17.0 Å². The predicted molar refractivity (Wildman–Crippen MR) is 139 cm³/mol. The van der Waals surface area contributed by atoms with Crippen LogP contribution in [0.15, 0.2) is 60.9 Å². The van der Waals surface area contributed by atoms with Crippen molar-refractivity contribution in [3.63, 3.8) is 0 Å². The quantitative estimate of drug-likeness (QED) is 0.277. The van der Waals surface area contributed by atoms with Gasteiger partial charge in [0.25, 0.3) is 0 Å². The van der Waals surface area contributed by atoms with Gasteiger partial charge in [0.05, 0.1) is 5.39 Å². The van der Waals surface area contributed by atoms with Crippen molar-refractivity contribution in [2.45, 2.75) is 44.5 Å². The Morgan fingerprint density at radius 3 is 2.46 bits per heavy atom. The highest BCUT2D eigenvalue weighted by atomic mass is 19.4. The average molecular weight is 542 g/mol. The molecule has 11 heteroatoms. The largest absolute Gasteiger partial charge is 0.573 e. The third-order valence-electron chi connectivity index (χ3n) is 6.75. The zero-order valence-electron chi connectivity index (χ0n) is 21.0. The Kier molecular flexibility index (Phi) is 7.67. The number of halogens is 4. The molecular formula is C28H27F4N5O2. The molecular weight excluding hydrogens is 514 g/mol. The second kappa shape index (κ2) is 11.3. The Morgan fingerprint density at radius 2 is 1.77 bits per heavy atom. The maximum atomic E-state index is 13.3. The maximum Gasteiger partial charge on any atom is 0.573 e. The number of carbonyl (C=O) groups is 1. The first-order valence-corrected chi connectivity index (χ1v) is 12.7. The molecule has 0 atom stereocenters. The van der Waals surface area contributed by atoms with Crippen molar-refractivity contribution >= 4 is 22.8 Å². The van der Waals surface area contributed by atoms with Crippen LogP contribution in [-0.4, -0.2) is 46.4 Å². The second-order valence-electron chi connectivity index (χ2n) is 9.52. The molecule has 1 aliphatic rings. The van der Waals surface area contributed by atoms with Gasteiger partial charge in [-0.1, -0.05) is 12.1 Å². The number of alkyl halides is 3. The van der Waals surface area contributed by atoms with Gasteiger partial charge in [-0.15, -0.1) is 13.2 Å². The lowest BCUT2D eigenvalue weighted by Gasteiger charge is -2.33. The van der Waals surface area contributed by atoms with Gasteiger partial charge in [-0.05, 0) is 79.3 Å². The number of hydrogen-bond acceptors (Lipinski definition) is 5. The lowest BCUT2D eigenvalue weighted by Crippen LogP contribution is -2.45. The molecule has 1 fully saturated rings. The lowest BCUT2D eigenvalue weighted by molar-refractivity contribution is -0.274. The number of amides is 1. The van der Waals surface area contributed by atoms with Crippen LogP contribution in [0.1, 0.15) is 31.2 Å². The lowest BCUT2D eigenvalue weighted by atomic mass is 10.0. The van der Waals surface area contributed by atoms with Crippen LogP contribution in [0.3, 0.4) is 0 Å². The van der Waals surface area contributed by atoms with Crippen molar-refractivity contribution in [2.24, 2.45) is 0 Å². The Balaban J connectivity index is 1.10. The number of fused-ring (bicyclic) bond motifs is 1. The van der Waals surface area contributed by atoms with Gasteiger partial charge < -0.3 is 19.9 Å². The molecule has 2 N–H and O–H groups in total. The van der Waals surface area contributed by atoms with E-state index in [1.165, 1.54) is 30.6 Å². The van der Waals surface area contributed by atoms with Gasteiger partial charge in [0.2, 0.25) is 5.91 Å². The van der Waals surface area contributed by atoms with Crippen LogP contribution < -0.4 is 15.0 Å². The number of carbonyl (C=O) groups excluding carboxylic acids is 1. The number of ether oxygens (including phenoxy) is 1. The number of anilines is 1. The van der Waals surface area contributed by atoms with E-state index in [1.54, 1.807) is 24.3 Å². The molecule has 0 spiro atoms. The SMILES string of the molecule is O=C(CCCc1ccc(OC(F)(F)F)cc1)NC1CCN(c2ncnc3[nH]c(-c4ccc(F)cc4)cc23)CC1. The van der Waals surface area contributed by atoms with E-state index in [1.807, 2.05) is 6.07 Å². The molecule has 4 aromatic rings. The monoisotopic (exact) mass is 541 g/mol. The fourth-order valence-electron chi connectivity index (χ4n) is 4.81. The highest BCUT2D eigenvalue weighted by Gasteiger charge is 2.31. The summed E-state index contributed by atoms with van der Waals surface area (Å²) in [6, 6.07) is 14.0. The zero-order chi connectivity index (χ0) is 27.4. The summed E-state index contributed by atoms with van der Waals surface area (Å²) in [5.74, 6) is 0.229. The third kappa shape index (κ3) is 6.84. The minimum absolute atomic E-state index is 0.0375. The minimum Gasteiger partial charge on any atom is -0.406 e. The molecule has 2 aromatic carbocycles. The molecule has 204 valence electrons. The van der Waals surface area contributed by atoms with Crippen LogP contribution >= 0.6 is 0 Å². The summed E-state index contributed by atoms with van der Waals surface area (Å²) in [6.45, 7) is 1.45. The van der Waals surface area contributed by atoms with Crippen LogP contribution in [0.2, 0.25) is 0 Å². The molecule has 5 rings (SSSR count). The van der Waals surface area contributed by atoms with Crippen LogP contribution in [-0.2, 0) is 11.2 Å². The second-order valence-corrected chi connectivity index (χ2v) is 9.52. The molecule has 1 amide bonds. The molecule has 0 unspecified atom stereocenters. The summed E-state index contributed by atoms with van der Waals surface area (Å²) in [7, 11) is 0. The van der Waals surface area contributed by atoms with Gasteiger partial charge in [0, 0.05) is 31.2 Å².